The van der Waals surface area contributed by atoms with Crippen LogP contribution in [0.2, 0.25) is 0 Å². The highest BCUT2D eigenvalue weighted by atomic mass is 16.7. The number of amides is 1. The van der Waals surface area contributed by atoms with Gasteiger partial charge in [-0.3, -0.25) is 14.4 Å². The van der Waals surface area contributed by atoms with Crippen molar-refractivity contribution in [2.45, 2.75) is 167 Å². The smallest absolute Gasteiger partial charge is 0.329 e. The normalized spacial score (nSPS) is 38.7. The third kappa shape index (κ3) is 10.8. The van der Waals surface area contributed by atoms with Gasteiger partial charge in [-0.1, -0.05) is 45.4 Å². The molecule has 2 N–H and O–H groups in total. The number of methoxy groups -OCH3 is 3. The van der Waals surface area contributed by atoms with E-state index in [1.165, 1.54) is 19.1 Å². The topological polar surface area (TPSA) is 202 Å². The molecular formula is C44H69N5O11. The average Bonchev–Trinajstić information content (AvgIpc) is 3.78. The summed E-state index contributed by atoms with van der Waals surface area (Å²) in [5.41, 5.74) is 1.68. The van der Waals surface area contributed by atoms with E-state index in [1.807, 2.05) is 26.8 Å². The first kappa shape index (κ1) is 47.6. The van der Waals surface area contributed by atoms with Crippen molar-refractivity contribution in [1.82, 2.24) is 25.1 Å². The molecule has 14 atom stereocenters. The number of Topliss-reactive ketones (excluding diaryl/α,β-unsaturated/α-hetero) is 2. The molecule has 16 heteroatoms. The van der Waals surface area contributed by atoms with Gasteiger partial charge in [-0.15, -0.1) is 5.10 Å². The number of tetrazole rings is 1. The second-order valence-corrected chi connectivity index (χ2v) is 17.9. The highest BCUT2D eigenvalue weighted by Crippen LogP contribution is 2.40. The van der Waals surface area contributed by atoms with Crippen LogP contribution in [0.3, 0.4) is 0 Å². The zero-order valence-electron chi connectivity index (χ0n) is 37.0. The van der Waals surface area contributed by atoms with Crippen LogP contribution in [0.1, 0.15) is 118 Å². The lowest BCUT2D eigenvalue weighted by atomic mass is 9.81. The molecule has 0 spiro atoms. The molecule has 2 bridgehead atoms. The fourth-order valence-electron chi connectivity index (χ4n) is 10.0. The van der Waals surface area contributed by atoms with Gasteiger partial charge in [0.15, 0.2) is 0 Å². The predicted molar refractivity (Wildman–Crippen MR) is 219 cm³/mol. The number of ketones is 2. The Hall–Kier alpha value is -3.41. The average molecular weight is 844 g/mol. The Morgan fingerprint density at radius 2 is 1.67 bits per heavy atom. The third-order valence-electron chi connectivity index (χ3n) is 13.6. The van der Waals surface area contributed by atoms with E-state index >= 15 is 0 Å². The number of allylic oxidation sites excluding steroid dienone is 3. The van der Waals surface area contributed by atoms with Gasteiger partial charge in [-0.25, -0.2) is 9.48 Å². The first-order valence-electron chi connectivity index (χ1n) is 21.9. The van der Waals surface area contributed by atoms with Crippen LogP contribution in [0.4, 0.5) is 0 Å². The standard InChI is InChI=1S/C44H69N5O11/c1-10-31-18-25(2)17-26(3)19-37(57-8)40-38(58-9)21-28(5)44(55,60-40)41(52)42(53)48-16-12-11-13-33(48)43(54)59-39(29(6)34(50)23-35(31)51)27(4)20-30-14-15-32(36(22-30)56-7)49-24-45-46-47-49/h18,20,24,26,28-34,36-40,50,55H,10-17,19,21-23H2,1-9H3/t26-,28+,29+,30-,31+,32-,33-,34-,36+,37?,38-,39+,40+,44+/m0/s1. The molecule has 4 heterocycles. The van der Waals surface area contributed by atoms with Crippen molar-refractivity contribution in [3.05, 3.63) is 29.6 Å². The van der Waals surface area contributed by atoms with Gasteiger partial charge in [-0.2, -0.15) is 0 Å². The van der Waals surface area contributed by atoms with Crippen LogP contribution < -0.4 is 0 Å². The molecule has 1 aromatic rings. The summed E-state index contributed by atoms with van der Waals surface area (Å²) in [5.74, 6) is -7.46. The molecule has 1 saturated carbocycles. The first-order chi connectivity index (χ1) is 28.6. The summed E-state index contributed by atoms with van der Waals surface area (Å²) in [6.07, 6.45) is 6.48. The molecule has 0 aromatic carbocycles. The molecule has 5 rings (SSSR count). The van der Waals surface area contributed by atoms with Crippen LogP contribution in [0, 0.1) is 29.6 Å². The Bertz CT molecular complexity index is 1690. The van der Waals surface area contributed by atoms with Gasteiger partial charge in [0.05, 0.1) is 30.5 Å². The van der Waals surface area contributed by atoms with Gasteiger partial charge < -0.3 is 38.8 Å². The van der Waals surface area contributed by atoms with Crippen LogP contribution >= 0.6 is 0 Å². The SMILES string of the molecule is CC[C@@H]1C=C(C)C[C@H](C)CC(OC)[C@H]2O[C@@](O)(C(=O)C(=O)N3CCCC[C@H]3C(=O)O[C@H](C(C)=C[C@@H]3CC[C@H](n4cnnn4)[C@H](OC)C3)[C@H](C)[C@@H](O)CC1=O)[C@H](C)C[C@@H]2OC. The number of ether oxygens (including phenoxy) is 5. The number of aliphatic hydroxyl groups is 2. The molecule has 1 amide bonds. The minimum absolute atomic E-state index is 0.0281. The van der Waals surface area contributed by atoms with Crippen LogP contribution in [0.15, 0.2) is 29.6 Å². The Morgan fingerprint density at radius 1 is 0.967 bits per heavy atom. The largest absolute Gasteiger partial charge is 0.456 e. The van der Waals surface area contributed by atoms with E-state index < -0.39 is 77.8 Å². The third-order valence-corrected chi connectivity index (χ3v) is 13.6. The van der Waals surface area contributed by atoms with Crippen molar-refractivity contribution in [2.24, 2.45) is 29.6 Å². The van der Waals surface area contributed by atoms with Crippen molar-refractivity contribution in [3.63, 3.8) is 0 Å². The zero-order valence-corrected chi connectivity index (χ0v) is 37.0. The number of carbonyl (C=O) groups excluding carboxylic acids is 4. The summed E-state index contributed by atoms with van der Waals surface area (Å²) in [5, 5.41) is 35.5. The molecule has 0 radical (unpaired) electrons. The minimum atomic E-state index is -2.50. The molecule has 60 heavy (non-hydrogen) atoms. The minimum Gasteiger partial charge on any atom is -0.456 e. The van der Waals surface area contributed by atoms with Crippen LogP contribution in [-0.2, 0) is 42.9 Å². The summed E-state index contributed by atoms with van der Waals surface area (Å²) in [7, 11) is 4.73. The van der Waals surface area contributed by atoms with E-state index in [9.17, 15) is 29.4 Å². The Balaban J connectivity index is 1.51. The summed E-state index contributed by atoms with van der Waals surface area (Å²) in [6, 6.07) is -1.18. The number of piperidine rings is 1. The van der Waals surface area contributed by atoms with Crippen LogP contribution in [0.25, 0.3) is 0 Å². The van der Waals surface area contributed by atoms with Gasteiger partial charge in [0.2, 0.25) is 5.79 Å². The molecular weight excluding hydrogens is 775 g/mol. The summed E-state index contributed by atoms with van der Waals surface area (Å²) >= 11 is 0. The first-order valence-corrected chi connectivity index (χ1v) is 21.9. The highest BCUT2D eigenvalue weighted by molar-refractivity contribution is 6.39. The fourth-order valence-corrected chi connectivity index (χ4v) is 10.0. The van der Waals surface area contributed by atoms with Crippen molar-refractivity contribution < 1.29 is 53.1 Å². The Labute approximate surface area is 354 Å². The number of aliphatic hydroxyl groups excluding tert-OH is 1. The number of rotatable bonds is 7. The number of carbonyl (C=O) groups is 4. The summed E-state index contributed by atoms with van der Waals surface area (Å²) < 4.78 is 31.9. The van der Waals surface area contributed by atoms with Gasteiger partial charge in [0.25, 0.3) is 11.7 Å². The van der Waals surface area contributed by atoms with E-state index in [0.29, 0.717) is 44.1 Å². The van der Waals surface area contributed by atoms with Gasteiger partial charge in [-0.05, 0) is 106 Å². The zero-order chi connectivity index (χ0) is 43.9. The second kappa shape index (κ2) is 21.1. The maximum Gasteiger partial charge on any atom is 0.329 e. The fraction of sp³-hybridized carbons (Fsp3) is 0.795. The molecule has 4 aliphatic rings. The maximum atomic E-state index is 14.4. The van der Waals surface area contributed by atoms with Gasteiger partial charge in [0.1, 0.15) is 30.4 Å². The lowest BCUT2D eigenvalue weighted by Crippen LogP contribution is -2.64. The number of nitrogens with zero attached hydrogens (tertiary/aromatic N) is 5. The number of hydrogen-bond acceptors (Lipinski definition) is 14. The molecule has 1 aromatic heterocycles. The highest BCUT2D eigenvalue weighted by Gasteiger charge is 2.56. The lowest BCUT2D eigenvalue weighted by molar-refractivity contribution is -0.302. The monoisotopic (exact) mass is 843 g/mol. The molecule has 336 valence electrons. The number of esters is 1. The molecule has 16 nitrogen and oxygen atoms in total. The number of aromatic nitrogens is 4. The molecule has 1 aliphatic carbocycles. The van der Waals surface area contributed by atoms with Crippen molar-refractivity contribution in [1.29, 1.82) is 0 Å². The molecule has 2 saturated heterocycles. The van der Waals surface area contributed by atoms with E-state index in [1.54, 1.807) is 32.0 Å². The Morgan fingerprint density at radius 3 is 2.32 bits per heavy atom. The number of cyclic esters (lactones) is 1. The van der Waals surface area contributed by atoms with E-state index in [-0.39, 0.29) is 55.6 Å². The van der Waals surface area contributed by atoms with E-state index in [4.69, 9.17) is 23.7 Å². The van der Waals surface area contributed by atoms with Gasteiger partial charge >= 0.3 is 5.97 Å². The molecule has 3 aliphatic heterocycles. The lowest BCUT2D eigenvalue weighted by Gasteiger charge is -2.47. The predicted octanol–water partition coefficient (Wildman–Crippen LogP) is 4.34. The van der Waals surface area contributed by atoms with E-state index in [2.05, 4.69) is 28.5 Å². The quantitative estimate of drug-likeness (QED) is 0.223. The summed E-state index contributed by atoms with van der Waals surface area (Å²) in [4.78, 5) is 58.1. The second-order valence-electron chi connectivity index (χ2n) is 17.9. The van der Waals surface area contributed by atoms with Crippen molar-refractivity contribution in [2.75, 3.05) is 27.9 Å². The molecule has 3 fully saturated rings. The summed E-state index contributed by atoms with van der Waals surface area (Å²) in [6.45, 7) is 11.3. The maximum absolute atomic E-state index is 14.4. The van der Waals surface area contributed by atoms with Crippen LogP contribution in [-0.4, -0.2) is 135 Å². The number of fused-ring (bicyclic) bond motifs is 3. The van der Waals surface area contributed by atoms with E-state index in [0.717, 1.165) is 18.4 Å². The van der Waals surface area contributed by atoms with Crippen LogP contribution in [0.5, 0.6) is 0 Å². The molecule has 1 unspecified atom stereocenters. The van der Waals surface area contributed by atoms with Crippen molar-refractivity contribution >= 4 is 23.4 Å². The Kier molecular flexibility index (Phi) is 16.8. The van der Waals surface area contributed by atoms with Crippen molar-refractivity contribution in [3.8, 4) is 0 Å². The van der Waals surface area contributed by atoms with Gasteiger partial charge in [0, 0.05) is 52.0 Å². The number of hydrogen-bond donors (Lipinski definition) is 2.